The van der Waals surface area contributed by atoms with Gasteiger partial charge in [0, 0.05) is 16.5 Å². The average Bonchev–Trinajstić information content (AvgIpc) is 2.86. The third-order valence-electron chi connectivity index (χ3n) is 3.11. The van der Waals surface area contributed by atoms with Gasteiger partial charge in [0.1, 0.15) is 17.5 Å². The first-order valence-electron chi connectivity index (χ1n) is 6.88. The smallest absolute Gasteiger partial charge is 0.269 e. The van der Waals surface area contributed by atoms with E-state index in [1.165, 1.54) is 0 Å². The lowest BCUT2D eigenvalue weighted by atomic mass is 9.98. The van der Waals surface area contributed by atoms with Gasteiger partial charge in [0.2, 0.25) is 0 Å². The summed E-state index contributed by atoms with van der Waals surface area (Å²) < 4.78 is 0. The monoisotopic (exact) mass is 314 g/mol. The Morgan fingerprint density at radius 1 is 1.45 bits per heavy atom. The molecule has 22 heavy (non-hydrogen) atoms. The van der Waals surface area contributed by atoms with E-state index in [9.17, 15) is 4.79 Å². The Labute approximate surface area is 133 Å². The summed E-state index contributed by atoms with van der Waals surface area (Å²) in [5.41, 5.74) is 0.937. The maximum absolute atomic E-state index is 11.8. The fourth-order valence-corrected chi connectivity index (χ4v) is 2.86. The molecule has 5 nitrogen and oxygen atoms in total. The molecule has 0 spiro atoms. The Morgan fingerprint density at radius 2 is 2.14 bits per heavy atom. The second kappa shape index (κ2) is 5.85. The van der Waals surface area contributed by atoms with Crippen LogP contribution in [0.25, 0.3) is 11.6 Å². The number of aromatic amines is 1. The van der Waals surface area contributed by atoms with Gasteiger partial charge >= 0.3 is 0 Å². The van der Waals surface area contributed by atoms with E-state index < -0.39 is 5.56 Å². The van der Waals surface area contributed by atoms with Crippen LogP contribution in [0.4, 0.5) is 0 Å². The molecule has 2 heterocycles. The van der Waals surface area contributed by atoms with Crippen LogP contribution in [0.3, 0.4) is 0 Å². The van der Waals surface area contributed by atoms with Crippen molar-refractivity contribution in [1.82, 2.24) is 15.0 Å². The highest BCUT2D eigenvalue weighted by Crippen LogP contribution is 2.28. The van der Waals surface area contributed by atoms with E-state index in [-0.39, 0.29) is 11.0 Å². The van der Waals surface area contributed by atoms with Gasteiger partial charge in [-0.1, -0.05) is 20.8 Å². The molecule has 2 aromatic rings. The van der Waals surface area contributed by atoms with Crippen LogP contribution in [0.15, 0.2) is 11.0 Å². The zero-order valence-corrected chi connectivity index (χ0v) is 14.1. The van der Waals surface area contributed by atoms with Gasteiger partial charge in [-0.25, -0.2) is 9.97 Å². The molecule has 0 fully saturated rings. The first-order valence-corrected chi connectivity index (χ1v) is 7.70. The molecule has 0 unspecified atom stereocenters. The summed E-state index contributed by atoms with van der Waals surface area (Å²) in [5, 5.41) is 9.97. The van der Waals surface area contributed by atoms with Crippen LogP contribution in [0.2, 0.25) is 0 Å². The Balaban J connectivity index is 2.40. The van der Waals surface area contributed by atoms with Gasteiger partial charge in [-0.3, -0.25) is 4.79 Å². The molecular weight excluding hydrogens is 296 g/mol. The predicted octanol–water partition coefficient (Wildman–Crippen LogP) is 3.26. The van der Waals surface area contributed by atoms with Crippen molar-refractivity contribution in [2.45, 2.75) is 40.0 Å². The molecule has 6 heteroatoms. The van der Waals surface area contributed by atoms with Crippen molar-refractivity contribution in [3.63, 3.8) is 0 Å². The van der Waals surface area contributed by atoms with Crippen LogP contribution in [0.1, 0.15) is 54.7 Å². The quantitative estimate of drug-likeness (QED) is 0.922. The molecule has 2 aromatic heterocycles. The molecule has 0 saturated heterocycles. The first kappa shape index (κ1) is 16.1. The second-order valence-electron chi connectivity index (χ2n) is 6.13. The van der Waals surface area contributed by atoms with Crippen LogP contribution in [-0.4, -0.2) is 15.0 Å². The lowest BCUT2D eigenvalue weighted by Crippen LogP contribution is -2.16. The molecule has 0 amide bonds. The number of thiazole rings is 1. The Hall–Kier alpha value is -2.26. The highest BCUT2D eigenvalue weighted by molar-refractivity contribution is 7.12. The highest BCUT2D eigenvalue weighted by atomic mass is 32.1. The number of hydrogen-bond donors (Lipinski definition) is 1. The fourth-order valence-electron chi connectivity index (χ4n) is 1.89. The van der Waals surface area contributed by atoms with Crippen LogP contribution >= 0.6 is 11.3 Å². The minimum absolute atomic E-state index is 0.0161. The molecule has 0 radical (unpaired) electrons. The van der Waals surface area contributed by atoms with E-state index in [1.54, 1.807) is 18.3 Å². The minimum Gasteiger partial charge on any atom is -0.306 e. The summed E-state index contributed by atoms with van der Waals surface area (Å²) in [6, 6.07) is 1.87. The summed E-state index contributed by atoms with van der Waals surface area (Å²) in [4.78, 5) is 24.2. The number of aromatic nitrogens is 3. The van der Waals surface area contributed by atoms with Gasteiger partial charge in [0.25, 0.3) is 5.56 Å². The van der Waals surface area contributed by atoms with Gasteiger partial charge in [-0.05, 0) is 25.5 Å². The summed E-state index contributed by atoms with van der Waals surface area (Å²) in [6.07, 6.45) is 3.76. The fraction of sp³-hybridized carbons (Fsp3) is 0.375. The molecule has 0 saturated carbocycles. The number of nitrogens with one attached hydrogen (secondary N) is 1. The lowest BCUT2D eigenvalue weighted by molar-refractivity contribution is 0.585. The van der Waals surface area contributed by atoms with Gasteiger partial charge in [0.15, 0.2) is 0 Å². The van der Waals surface area contributed by atoms with Crippen LogP contribution < -0.4 is 5.56 Å². The molecule has 0 atom stereocenters. The number of nitrogens with zero attached hydrogens (tertiary/aromatic N) is 3. The van der Waals surface area contributed by atoms with Crippen molar-refractivity contribution >= 4 is 23.0 Å². The largest absolute Gasteiger partial charge is 0.306 e. The number of nitriles is 1. The van der Waals surface area contributed by atoms with E-state index in [2.05, 4.69) is 35.7 Å². The maximum Gasteiger partial charge on any atom is 0.269 e. The van der Waals surface area contributed by atoms with E-state index >= 15 is 0 Å². The Bertz CT molecular complexity index is 831. The highest BCUT2D eigenvalue weighted by Gasteiger charge is 2.17. The zero-order chi connectivity index (χ0) is 16.5. The minimum atomic E-state index is -0.405. The standard InChI is InChI=1S/C16H18N4OS/c1-9(6-11-8-18-15(22-11)16(3,4)5)13-19-10(2)12(7-17)14(21)20-13/h6,8H,1-5H3,(H,19,20,21)/b9-6-. The van der Waals surface area contributed by atoms with Crippen LogP contribution in [0, 0.1) is 18.3 Å². The summed E-state index contributed by atoms with van der Waals surface area (Å²) in [6.45, 7) is 9.90. The van der Waals surface area contributed by atoms with Crippen molar-refractivity contribution in [3.05, 3.63) is 43.5 Å². The summed E-state index contributed by atoms with van der Waals surface area (Å²) in [7, 11) is 0. The summed E-state index contributed by atoms with van der Waals surface area (Å²) in [5.74, 6) is 0.479. The van der Waals surface area contributed by atoms with E-state index in [4.69, 9.17) is 5.26 Å². The van der Waals surface area contributed by atoms with E-state index in [1.807, 2.05) is 25.3 Å². The summed E-state index contributed by atoms with van der Waals surface area (Å²) >= 11 is 1.62. The number of rotatable bonds is 2. The number of allylic oxidation sites excluding steroid dienone is 1. The Morgan fingerprint density at radius 3 is 2.64 bits per heavy atom. The molecule has 114 valence electrons. The molecule has 0 aliphatic rings. The molecule has 1 N–H and O–H groups in total. The van der Waals surface area contributed by atoms with Crippen LogP contribution in [-0.2, 0) is 5.41 Å². The van der Waals surface area contributed by atoms with Gasteiger partial charge in [-0.15, -0.1) is 11.3 Å². The average molecular weight is 314 g/mol. The topological polar surface area (TPSA) is 82.4 Å². The molecule has 0 bridgehead atoms. The van der Waals surface area contributed by atoms with Crippen LogP contribution in [0.5, 0.6) is 0 Å². The SMILES string of the molecule is C/C(=C/c1cnc(C(C)(C)C)s1)c1nc(C)c(C#N)c(=O)[nH]1. The first-order chi connectivity index (χ1) is 10.2. The second-order valence-corrected chi connectivity index (χ2v) is 7.19. The molecule has 2 rings (SSSR count). The lowest BCUT2D eigenvalue weighted by Gasteiger charge is -2.13. The third kappa shape index (κ3) is 3.31. The Kier molecular flexibility index (Phi) is 4.29. The van der Waals surface area contributed by atoms with Gasteiger partial charge < -0.3 is 4.98 Å². The third-order valence-corrected chi connectivity index (χ3v) is 4.48. The van der Waals surface area contributed by atoms with Gasteiger partial charge in [0.05, 0.1) is 10.7 Å². The normalized spacial score (nSPS) is 12.3. The number of aryl methyl sites for hydroxylation is 1. The van der Waals surface area contributed by atoms with Crippen molar-refractivity contribution in [3.8, 4) is 6.07 Å². The van der Waals surface area contributed by atoms with E-state index in [0.29, 0.717) is 11.5 Å². The maximum atomic E-state index is 11.8. The zero-order valence-electron chi connectivity index (χ0n) is 13.3. The predicted molar refractivity (Wildman–Crippen MR) is 88.7 cm³/mol. The number of hydrogen-bond acceptors (Lipinski definition) is 5. The van der Waals surface area contributed by atoms with Gasteiger partial charge in [-0.2, -0.15) is 5.26 Å². The van der Waals surface area contributed by atoms with E-state index in [0.717, 1.165) is 15.5 Å². The van der Waals surface area contributed by atoms with Crippen molar-refractivity contribution in [2.24, 2.45) is 0 Å². The molecule has 0 aliphatic carbocycles. The van der Waals surface area contributed by atoms with Crippen molar-refractivity contribution in [2.75, 3.05) is 0 Å². The van der Waals surface area contributed by atoms with Crippen molar-refractivity contribution in [1.29, 1.82) is 5.26 Å². The molecule has 0 aliphatic heterocycles. The molecular formula is C16H18N4OS. The molecule has 0 aromatic carbocycles. The van der Waals surface area contributed by atoms with Crippen molar-refractivity contribution < 1.29 is 0 Å². The number of H-pyrrole nitrogens is 1.